The highest BCUT2D eigenvalue weighted by atomic mass is 16.5. The molecule has 4 N–H and O–H groups in total. The molecular formula is C23H26N6O2. The van der Waals surface area contributed by atoms with E-state index in [1.165, 1.54) is 6.33 Å². The van der Waals surface area contributed by atoms with Crippen LogP contribution in [-0.2, 0) is 6.54 Å². The van der Waals surface area contributed by atoms with Gasteiger partial charge in [-0.25, -0.2) is 14.6 Å². The third-order valence-electron chi connectivity index (χ3n) is 5.93. The third-order valence-corrected chi connectivity index (χ3v) is 5.93. The van der Waals surface area contributed by atoms with Crippen molar-refractivity contribution in [2.45, 2.75) is 31.9 Å². The molecule has 5 rings (SSSR count). The number of aliphatic hydroxyl groups is 1. The van der Waals surface area contributed by atoms with Crippen LogP contribution in [0, 0.1) is 0 Å². The molecule has 160 valence electrons. The van der Waals surface area contributed by atoms with E-state index in [9.17, 15) is 5.11 Å². The van der Waals surface area contributed by atoms with Gasteiger partial charge in [-0.15, -0.1) is 0 Å². The summed E-state index contributed by atoms with van der Waals surface area (Å²) in [5, 5.41) is 22.1. The van der Waals surface area contributed by atoms with Crippen molar-refractivity contribution in [1.82, 2.24) is 25.1 Å². The van der Waals surface area contributed by atoms with Crippen LogP contribution in [0.25, 0.3) is 33.1 Å². The molecule has 0 atom stereocenters. The topological polar surface area (TPSA) is 111 Å². The van der Waals surface area contributed by atoms with E-state index in [4.69, 9.17) is 15.6 Å². The first kappa shape index (κ1) is 19.7. The van der Waals surface area contributed by atoms with Crippen LogP contribution in [0.5, 0.6) is 5.75 Å². The average Bonchev–Trinajstić information content (AvgIpc) is 3.13. The van der Waals surface area contributed by atoms with Crippen molar-refractivity contribution < 1.29 is 9.84 Å². The number of benzene rings is 2. The Morgan fingerprint density at radius 2 is 1.90 bits per heavy atom. The summed E-state index contributed by atoms with van der Waals surface area (Å²) in [5.41, 5.74) is 7.72. The van der Waals surface area contributed by atoms with E-state index in [-0.39, 0.29) is 0 Å². The van der Waals surface area contributed by atoms with Crippen LogP contribution in [0.1, 0.15) is 19.8 Å². The zero-order chi connectivity index (χ0) is 21.4. The molecule has 0 unspecified atom stereocenters. The van der Waals surface area contributed by atoms with Gasteiger partial charge in [0.15, 0.2) is 5.65 Å². The van der Waals surface area contributed by atoms with Crippen LogP contribution in [0.2, 0.25) is 0 Å². The van der Waals surface area contributed by atoms with Gasteiger partial charge < -0.3 is 20.9 Å². The van der Waals surface area contributed by atoms with Crippen molar-refractivity contribution in [1.29, 1.82) is 0 Å². The Hall–Kier alpha value is -3.23. The van der Waals surface area contributed by atoms with Gasteiger partial charge in [0, 0.05) is 5.56 Å². The lowest BCUT2D eigenvalue weighted by Gasteiger charge is -2.32. The first-order chi connectivity index (χ1) is 15.1. The maximum atomic E-state index is 11.1. The standard InChI is InChI=1S/C23H26N6O2/c1-2-31-18-6-5-15-11-17(4-3-16(15)12-18)20-19-21(24)26-14-27-22(19)29(28-20)13-23(30)7-9-25-10-8-23/h3-6,11-12,14,25,30H,2,7-10,13H2,1H3,(H2,24,26,27). The van der Waals surface area contributed by atoms with Gasteiger partial charge in [-0.2, -0.15) is 5.10 Å². The number of nitrogens with two attached hydrogens (primary N) is 1. The molecule has 0 saturated carbocycles. The number of nitrogens with zero attached hydrogens (tertiary/aromatic N) is 4. The van der Waals surface area contributed by atoms with Crippen LogP contribution in [0.3, 0.4) is 0 Å². The van der Waals surface area contributed by atoms with E-state index in [2.05, 4.69) is 27.4 Å². The first-order valence-electron chi connectivity index (χ1n) is 10.6. The van der Waals surface area contributed by atoms with Crippen LogP contribution in [-0.4, -0.2) is 50.2 Å². The number of fused-ring (bicyclic) bond motifs is 2. The highest BCUT2D eigenvalue weighted by molar-refractivity contribution is 6.00. The summed E-state index contributed by atoms with van der Waals surface area (Å²) in [7, 11) is 0. The summed E-state index contributed by atoms with van der Waals surface area (Å²) < 4.78 is 7.38. The molecule has 0 amide bonds. The van der Waals surface area contributed by atoms with Gasteiger partial charge in [0.05, 0.1) is 24.1 Å². The molecule has 1 saturated heterocycles. The molecule has 8 nitrogen and oxygen atoms in total. The van der Waals surface area contributed by atoms with E-state index in [0.717, 1.165) is 40.9 Å². The number of aromatic nitrogens is 4. The van der Waals surface area contributed by atoms with Gasteiger partial charge >= 0.3 is 0 Å². The number of ether oxygens (including phenoxy) is 1. The molecule has 0 aliphatic carbocycles. The summed E-state index contributed by atoms with van der Waals surface area (Å²) in [6, 6.07) is 12.2. The molecule has 31 heavy (non-hydrogen) atoms. The van der Waals surface area contributed by atoms with E-state index in [1.54, 1.807) is 4.68 Å². The predicted molar refractivity (Wildman–Crippen MR) is 121 cm³/mol. The molecule has 0 spiro atoms. The van der Waals surface area contributed by atoms with Gasteiger partial charge in [-0.1, -0.05) is 18.2 Å². The normalized spacial score (nSPS) is 16.1. The van der Waals surface area contributed by atoms with Crippen LogP contribution < -0.4 is 15.8 Å². The SMILES string of the molecule is CCOc1ccc2cc(-c3nn(CC4(O)CCNCC4)c4ncnc(N)c34)ccc2c1. The van der Waals surface area contributed by atoms with E-state index in [0.29, 0.717) is 42.8 Å². The van der Waals surface area contributed by atoms with Crippen LogP contribution in [0.15, 0.2) is 42.7 Å². The second kappa shape index (κ2) is 7.79. The fourth-order valence-corrected chi connectivity index (χ4v) is 4.30. The molecule has 4 aromatic rings. The number of hydrogen-bond donors (Lipinski definition) is 3. The Kier molecular flexibility index (Phi) is 4.95. The Morgan fingerprint density at radius 1 is 1.13 bits per heavy atom. The van der Waals surface area contributed by atoms with E-state index >= 15 is 0 Å². The highest BCUT2D eigenvalue weighted by Crippen LogP contribution is 2.34. The highest BCUT2D eigenvalue weighted by Gasteiger charge is 2.31. The molecule has 1 aliphatic heterocycles. The Balaban J connectivity index is 1.60. The number of nitrogen functional groups attached to an aromatic ring is 1. The second-order valence-corrected chi connectivity index (χ2v) is 8.09. The van der Waals surface area contributed by atoms with E-state index in [1.807, 2.05) is 31.2 Å². The molecule has 3 heterocycles. The first-order valence-corrected chi connectivity index (χ1v) is 10.6. The molecule has 8 heteroatoms. The lowest BCUT2D eigenvalue weighted by Crippen LogP contribution is -2.45. The van der Waals surface area contributed by atoms with Crippen molar-refractivity contribution in [3.05, 3.63) is 42.7 Å². The maximum absolute atomic E-state index is 11.1. The zero-order valence-corrected chi connectivity index (χ0v) is 17.5. The number of hydrogen-bond acceptors (Lipinski definition) is 7. The second-order valence-electron chi connectivity index (χ2n) is 8.09. The zero-order valence-electron chi connectivity index (χ0n) is 17.5. The predicted octanol–water partition coefficient (Wildman–Crippen LogP) is 2.74. The molecule has 0 bridgehead atoms. The number of anilines is 1. The molecule has 0 radical (unpaired) electrons. The van der Waals surface area contributed by atoms with Crippen molar-refractivity contribution >= 4 is 27.6 Å². The minimum absolute atomic E-state index is 0.368. The summed E-state index contributed by atoms with van der Waals surface area (Å²) in [6.45, 7) is 4.55. The minimum atomic E-state index is -0.819. The Morgan fingerprint density at radius 3 is 2.71 bits per heavy atom. The van der Waals surface area contributed by atoms with Crippen molar-refractivity contribution in [2.75, 3.05) is 25.4 Å². The fraction of sp³-hybridized carbons (Fsp3) is 0.348. The average molecular weight is 419 g/mol. The monoisotopic (exact) mass is 418 g/mol. The summed E-state index contributed by atoms with van der Waals surface area (Å²) >= 11 is 0. The van der Waals surface area contributed by atoms with Gasteiger partial charge in [-0.3, -0.25) is 0 Å². The van der Waals surface area contributed by atoms with E-state index < -0.39 is 5.60 Å². The molecule has 1 fully saturated rings. The van der Waals surface area contributed by atoms with Crippen LogP contribution in [0.4, 0.5) is 5.82 Å². The number of rotatable bonds is 5. The molecule has 2 aromatic heterocycles. The van der Waals surface area contributed by atoms with Gasteiger partial charge in [-0.05, 0) is 61.8 Å². The lowest BCUT2D eigenvalue weighted by atomic mass is 9.92. The third kappa shape index (κ3) is 3.68. The minimum Gasteiger partial charge on any atom is -0.494 e. The summed E-state index contributed by atoms with van der Waals surface area (Å²) in [4.78, 5) is 8.63. The molecule has 1 aliphatic rings. The number of piperidine rings is 1. The number of nitrogens with one attached hydrogen (secondary N) is 1. The Labute approximate surface area is 180 Å². The summed E-state index contributed by atoms with van der Waals surface area (Å²) in [5.74, 6) is 1.24. The molecular weight excluding hydrogens is 392 g/mol. The van der Waals surface area contributed by atoms with Gasteiger partial charge in [0.2, 0.25) is 0 Å². The largest absolute Gasteiger partial charge is 0.494 e. The smallest absolute Gasteiger partial charge is 0.164 e. The summed E-state index contributed by atoms with van der Waals surface area (Å²) in [6.07, 6.45) is 2.78. The Bertz CT molecular complexity index is 1250. The maximum Gasteiger partial charge on any atom is 0.164 e. The van der Waals surface area contributed by atoms with Crippen molar-refractivity contribution in [3.63, 3.8) is 0 Å². The fourth-order valence-electron chi connectivity index (χ4n) is 4.30. The molecule has 2 aromatic carbocycles. The quantitative estimate of drug-likeness (QED) is 0.457. The van der Waals surface area contributed by atoms with Gasteiger partial charge in [0.1, 0.15) is 23.6 Å². The van der Waals surface area contributed by atoms with Crippen molar-refractivity contribution in [2.24, 2.45) is 0 Å². The van der Waals surface area contributed by atoms with Crippen LogP contribution >= 0.6 is 0 Å². The lowest BCUT2D eigenvalue weighted by molar-refractivity contribution is -0.00724. The van der Waals surface area contributed by atoms with Crippen molar-refractivity contribution in [3.8, 4) is 17.0 Å². The van der Waals surface area contributed by atoms with Gasteiger partial charge in [0.25, 0.3) is 0 Å².